The minimum atomic E-state index is 0.326. The van der Waals surface area contributed by atoms with Gasteiger partial charge in [0, 0.05) is 5.39 Å². The molecule has 0 aliphatic heterocycles. The van der Waals surface area contributed by atoms with Gasteiger partial charge in [0.25, 0.3) is 0 Å². The van der Waals surface area contributed by atoms with Crippen LogP contribution in [0.2, 0.25) is 15.1 Å². The van der Waals surface area contributed by atoms with Crippen LogP contribution in [0.1, 0.15) is 0 Å². The van der Waals surface area contributed by atoms with Crippen LogP contribution in [0.3, 0.4) is 0 Å². The maximum atomic E-state index is 5.96. The molecule has 0 fully saturated rings. The Balaban J connectivity index is 2.95. The van der Waals surface area contributed by atoms with Crippen LogP contribution in [0.5, 0.6) is 0 Å². The van der Waals surface area contributed by atoms with Crippen molar-refractivity contribution in [1.29, 1.82) is 0 Å². The molecule has 0 saturated heterocycles. The first-order valence-corrected chi connectivity index (χ1v) is 4.92. The number of hydrogen-bond donors (Lipinski definition) is 1. The second-order valence-electron chi connectivity index (χ2n) is 2.79. The third-order valence-electron chi connectivity index (χ3n) is 1.84. The van der Waals surface area contributed by atoms with Gasteiger partial charge in [0.1, 0.15) is 5.82 Å². The monoisotopic (exact) mass is 246 g/mol. The summed E-state index contributed by atoms with van der Waals surface area (Å²) in [6.07, 6.45) is 0. The number of anilines is 1. The predicted molar refractivity (Wildman–Crippen MR) is 61.2 cm³/mol. The lowest BCUT2D eigenvalue weighted by Gasteiger charge is -2.04. The van der Waals surface area contributed by atoms with Gasteiger partial charge in [0.15, 0.2) is 0 Å². The van der Waals surface area contributed by atoms with E-state index in [-0.39, 0.29) is 0 Å². The number of halogens is 3. The van der Waals surface area contributed by atoms with E-state index < -0.39 is 0 Å². The van der Waals surface area contributed by atoms with E-state index in [1.165, 1.54) is 0 Å². The Kier molecular flexibility index (Phi) is 2.43. The van der Waals surface area contributed by atoms with Gasteiger partial charge in [-0.1, -0.05) is 34.8 Å². The Labute approximate surface area is 95.6 Å². The Morgan fingerprint density at radius 2 is 1.79 bits per heavy atom. The first-order valence-electron chi connectivity index (χ1n) is 3.79. The molecule has 0 spiro atoms. The van der Waals surface area contributed by atoms with Crippen molar-refractivity contribution in [3.05, 3.63) is 33.3 Å². The molecule has 0 radical (unpaired) electrons. The van der Waals surface area contributed by atoms with E-state index in [1.54, 1.807) is 18.2 Å². The number of pyridine rings is 1. The third-order valence-corrected chi connectivity index (χ3v) is 2.95. The third kappa shape index (κ3) is 1.50. The van der Waals surface area contributed by atoms with Crippen LogP contribution in [-0.2, 0) is 0 Å². The van der Waals surface area contributed by atoms with E-state index in [2.05, 4.69) is 4.98 Å². The van der Waals surface area contributed by atoms with Gasteiger partial charge in [0.2, 0.25) is 0 Å². The van der Waals surface area contributed by atoms with Gasteiger partial charge in [-0.3, -0.25) is 0 Å². The summed E-state index contributed by atoms with van der Waals surface area (Å²) in [6.45, 7) is 0. The Hall–Kier alpha value is -0.700. The molecular weight excluding hydrogens is 242 g/mol. The fourth-order valence-corrected chi connectivity index (χ4v) is 1.83. The fraction of sp³-hybridized carbons (Fsp3) is 0. The number of nitrogen functional groups attached to an aromatic ring is 1. The van der Waals surface area contributed by atoms with Gasteiger partial charge >= 0.3 is 0 Å². The molecule has 2 rings (SSSR count). The van der Waals surface area contributed by atoms with Gasteiger partial charge in [-0.25, -0.2) is 4.98 Å². The highest BCUT2D eigenvalue weighted by Gasteiger charge is 2.08. The summed E-state index contributed by atoms with van der Waals surface area (Å²) in [7, 11) is 0. The summed E-state index contributed by atoms with van der Waals surface area (Å²) in [4.78, 5) is 4.07. The summed E-state index contributed by atoms with van der Waals surface area (Å²) in [5.74, 6) is 0.326. The predicted octanol–water partition coefficient (Wildman–Crippen LogP) is 3.78. The molecular formula is C9H5Cl3N2. The molecule has 2 aromatic rings. The highest BCUT2D eigenvalue weighted by molar-refractivity contribution is 6.46. The maximum absolute atomic E-state index is 5.96. The summed E-state index contributed by atoms with van der Waals surface area (Å²) >= 11 is 17.8. The largest absolute Gasteiger partial charge is 0.384 e. The SMILES string of the molecule is Nc1cc(Cl)c2ccc(Cl)c(Cl)c2n1. The first kappa shape index (κ1) is 9.84. The Bertz CT molecular complexity index is 511. The minimum absolute atomic E-state index is 0.326. The summed E-state index contributed by atoms with van der Waals surface area (Å²) in [5, 5.41) is 2.08. The van der Waals surface area contributed by atoms with Crippen molar-refractivity contribution < 1.29 is 0 Å². The summed E-state index contributed by atoms with van der Waals surface area (Å²) in [6, 6.07) is 5.02. The highest BCUT2D eigenvalue weighted by atomic mass is 35.5. The number of nitrogens with zero attached hydrogens (tertiary/aromatic N) is 1. The van der Waals surface area contributed by atoms with Crippen molar-refractivity contribution in [1.82, 2.24) is 4.98 Å². The molecule has 0 atom stereocenters. The Morgan fingerprint density at radius 1 is 1.07 bits per heavy atom. The average molecular weight is 248 g/mol. The van der Waals surface area contributed by atoms with Crippen LogP contribution >= 0.6 is 34.8 Å². The maximum Gasteiger partial charge on any atom is 0.125 e. The van der Waals surface area contributed by atoms with Crippen molar-refractivity contribution in [3.63, 3.8) is 0 Å². The highest BCUT2D eigenvalue weighted by Crippen LogP contribution is 2.33. The zero-order chi connectivity index (χ0) is 10.3. The lowest BCUT2D eigenvalue weighted by Crippen LogP contribution is -1.91. The normalized spacial score (nSPS) is 10.8. The van der Waals surface area contributed by atoms with Crippen molar-refractivity contribution in [2.45, 2.75) is 0 Å². The second-order valence-corrected chi connectivity index (χ2v) is 3.98. The van der Waals surface area contributed by atoms with Crippen LogP contribution in [0.25, 0.3) is 10.9 Å². The molecule has 2 N–H and O–H groups in total. The van der Waals surface area contributed by atoms with E-state index >= 15 is 0 Å². The minimum Gasteiger partial charge on any atom is -0.384 e. The molecule has 0 saturated carbocycles. The van der Waals surface area contributed by atoms with E-state index in [9.17, 15) is 0 Å². The second kappa shape index (κ2) is 3.46. The molecule has 1 aromatic heterocycles. The molecule has 0 amide bonds. The molecule has 2 nitrogen and oxygen atoms in total. The van der Waals surface area contributed by atoms with E-state index in [1.807, 2.05) is 0 Å². The molecule has 0 aliphatic carbocycles. The number of fused-ring (bicyclic) bond motifs is 1. The summed E-state index contributed by atoms with van der Waals surface area (Å²) < 4.78 is 0. The zero-order valence-electron chi connectivity index (χ0n) is 6.89. The van der Waals surface area contributed by atoms with Crippen LogP contribution in [0, 0.1) is 0 Å². The smallest absolute Gasteiger partial charge is 0.125 e. The standard InChI is InChI=1S/C9H5Cl3N2/c10-5-2-1-4-6(11)3-7(13)14-9(4)8(5)12/h1-3H,(H2,13,14). The lowest BCUT2D eigenvalue weighted by atomic mass is 10.2. The molecule has 1 heterocycles. The number of hydrogen-bond acceptors (Lipinski definition) is 2. The van der Waals surface area contributed by atoms with Gasteiger partial charge in [-0.2, -0.15) is 0 Å². The van der Waals surface area contributed by atoms with E-state index in [4.69, 9.17) is 40.5 Å². The van der Waals surface area contributed by atoms with Gasteiger partial charge < -0.3 is 5.73 Å². The van der Waals surface area contributed by atoms with Crippen LogP contribution < -0.4 is 5.73 Å². The molecule has 72 valence electrons. The van der Waals surface area contributed by atoms with Crippen LogP contribution in [0.15, 0.2) is 18.2 Å². The molecule has 5 heteroatoms. The van der Waals surface area contributed by atoms with Crippen LogP contribution in [-0.4, -0.2) is 4.98 Å². The van der Waals surface area contributed by atoms with Crippen molar-refractivity contribution >= 4 is 51.5 Å². The van der Waals surface area contributed by atoms with Crippen molar-refractivity contribution in [3.8, 4) is 0 Å². The first-order chi connectivity index (χ1) is 6.59. The summed E-state index contributed by atoms with van der Waals surface area (Å²) in [5.41, 5.74) is 6.08. The zero-order valence-corrected chi connectivity index (χ0v) is 9.16. The quantitative estimate of drug-likeness (QED) is 0.769. The molecule has 0 aliphatic rings. The number of nitrogens with two attached hydrogens (primary N) is 1. The molecule has 0 unspecified atom stereocenters. The average Bonchev–Trinajstić information content (AvgIpc) is 2.12. The van der Waals surface area contributed by atoms with Gasteiger partial charge in [0.05, 0.1) is 20.6 Å². The molecule has 0 bridgehead atoms. The number of aromatic nitrogens is 1. The van der Waals surface area contributed by atoms with Gasteiger partial charge in [-0.15, -0.1) is 0 Å². The van der Waals surface area contributed by atoms with Crippen molar-refractivity contribution in [2.75, 3.05) is 5.73 Å². The number of benzene rings is 1. The molecule has 1 aromatic carbocycles. The lowest BCUT2D eigenvalue weighted by molar-refractivity contribution is 1.41. The topological polar surface area (TPSA) is 38.9 Å². The van der Waals surface area contributed by atoms with Crippen LogP contribution in [0.4, 0.5) is 5.82 Å². The fourth-order valence-electron chi connectivity index (χ4n) is 1.21. The van der Waals surface area contributed by atoms with Crippen molar-refractivity contribution in [2.24, 2.45) is 0 Å². The Morgan fingerprint density at radius 3 is 2.50 bits per heavy atom. The van der Waals surface area contributed by atoms with E-state index in [0.717, 1.165) is 5.39 Å². The van der Waals surface area contributed by atoms with E-state index in [0.29, 0.717) is 26.4 Å². The molecule has 14 heavy (non-hydrogen) atoms. The number of rotatable bonds is 0. The van der Waals surface area contributed by atoms with Gasteiger partial charge in [-0.05, 0) is 18.2 Å².